The van der Waals surface area contributed by atoms with E-state index in [9.17, 15) is 0 Å². The average Bonchev–Trinajstić information content (AvgIpc) is 2.32. The summed E-state index contributed by atoms with van der Waals surface area (Å²) < 4.78 is 6.17. The van der Waals surface area contributed by atoms with Crippen molar-refractivity contribution in [1.29, 1.82) is 0 Å². The number of allylic oxidation sites excluding steroid dienone is 2. The number of rotatable bonds is 9. The highest BCUT2D eigenvalue weighted by Gasteiger charge is 2.29. The van der Waals surface area contributed by atoms with Crippen molar-refractivity contribution < 1.29 is 4.43 Å². The first-order chi connectivity index (χ1) is 7.67. The Kier molecular flexibility index (Phi) is 8.35. The van der Waals surface area contributed by atoms with Crippen LogP contribution in [0.15, 0.2) is 24.5 Å². The van der Waals surface area contributed by atoms with Crippen LogP contribution in [0.3, 0.4) is 0 Å². The van der Waals surface area contributed by atoms with E-state index in [1.54, 1.807) is 0 Å². The summed E-state index contributed by atoms with van der Waals surface area (Å²) in [6.07, 6.45) is 7.30. The molecule has 0 atom stereocenters. The third-order valence-electron chi connectivity index (χ3n) is 3.39. The summed E-state index contributed by atoms with van der Waals surface area (Å²) in [6.45, 7) is 12.8. The lowest BCUT2D eigenvalue weighted by Gasteiger charge is -2.27. The fourth-order valence-corrected chi connectivity index (χ4v) is 4.34. The van der Waals surface area contributed by atoms with Crippen molar-refractivity contribution >= 4 is 8.32 Å². The van der Waals surface area contributed by atoms with E-state index < -0.39 is 8.32 Å². The molecule has 0 N–H and O–H groups in total. The maximum absolute atomic E-state index is 6.17. The monoisotopic (exact) mass is 240 g/mol. The third-order valence-corrected chi connectivity index (χ3v) is 7.87. The van der Waals surface area contributed by atoms with Gasteiger partial charge in [-0.1, -0.05) is 40.2 Å². The summed E-state index contributed by atoms with van der Waals surface area (Å²) in [7, 11) is -1.45. The molecule has 0 unspecified atom stereocenters. The molecule has 0 fully saturated rings. The summed E-state index contributed by atoms with van der Waals surface area (Å²) in [6, 6.07) is 3.64. The Balaban J connectivity index is 4.52. The zero-order valence-corrected chi connectivity index (χ0v) is 12.5. The zero-order chi connectivity index (χ0) is 12.4. The van der Waals surface area contributed by atoms with E-state index in [4.69, 9.17) is 4.43 Å². The molecular formula is C14H28OSi. The Bertz CT molecular complexity index is 209. The maximum atomic E-state index is 6.17. The number of hydrogen-bond acceptors (Lipinski definition) is 1. The van der Waals surface area contributed by atoms with Crippen LogP contribution in [0.4, 0.5) is 0 Å². The van der Waals surface area contributed by atoms with Crippen LogP contribution in [-0.4, -0.2) is 8.32 Å². The second kappa shape index (κ2) is 8.63. The molecule has 2 heteroatoms. The molecule has 0 aliphatic heterocycles. The van der Waals surface area contributed by atoms with Crippen LogP contribution in [-0.2, 0) is 4.43 Å². The first kappa shape index (κ1) is 15.5. The van der Waals surface area contributed by atoms with E-state index in [0.29, 0.717) is 0 Å². The van der Waals surface area contributed by atoms with Gasteiger partial charge >= 0.3 is 0 Å². The zero-order valence-electron chi connectivity index (χ0n) is 11.5. The van der Waals surface area contributed by atoms with Crippen molar-refractivity contribution in [3.8, 4) is 0 Å². The van der Waals surface area contributed by atoms with Crippen molar-refractivity contribution in [2.75, 3.05) is 0 Å². The van der Waals surface area contributed by atoms with Gasteiger partial charge in [0.05, 0.1) is 6.26 Å². The van der Waals surface area contributed by atoms with Crippen LogP contribution < -0.4 is 0 Å². The van der Waals surface area contributed by atoms with Crippen molar-refractivity contribution in [3.63, 3.8) is 0 Å². The van der Waals surface area contributed by atoms with Gasteiger partial charge in [0, 0.05) is 0 Å². The molecule has 0 bridgehead atoms. The van der Waals surface area contributed by atoms with Crippen LogP contribution in [0.25, 0.3) is 0 Å². The number of hydrogen-bond donors (Lipinski definition) is 0. The van der Waals surface area contributed by atoms with Crippen LogP contribution in [0, 0.1) is 0 Å². The largest absolute Gasteiger partial charge is 0.549 e. The van der Waals surface area contributed by atoms with E-state index in [0.717, 1.165) is 12.8 Å². The molecule has 0 amide bonds. The molecule has 0 saturated carbocycles. The molecule has 0 saturated heterocycles. The molecule has 0 aromatic rings. The standard InChI is InChI=1S/C14H28OSi/c1-6-11-14(12-7-2)13-15-16(8-3,9-4)10-5/h6,13H,1,7-12H2,2-5H3/b14-13-. The molecule has 94 valence electrons. The molecule has 0 radical (unpaired) electrons. The molecule has 0 spiro atoms. The molecule has 0 aromatic heterocycles. The lowest BCUT2D eigenvalue weighted by Crippen LogP contribution is -2.33. The van der Waals surface area contributed by atoms with Gasteiger partial charge in [-0.15, -0.1) is 6.58 Å². The van der Waals surface area contributed by atoms with Crippen LogP contribution in [0.2, 0.25) is 18.1 Å². The Morgan fingerprint density at radius 2 is 1.69 bits per heavy atom. The minimum absolute atomic E-state index is 0.968. The van der Waals surface area contributed by atoms with E-state index in [2.05, 4.69) is 34.3 Å². The topological polar surface area (TPSA) is 9.23 Å². The van der Waals surface area contributed by atoms with Crippen LogP contribution in [0.1, 0.15) is 47.0 Å². The average molecular weight is 240 g/mol. The molecular weight excluding hydrogens is 212 g/mol. The predicted molar refractivity (Wildman–Crippen MR) is 76.1 cm³/mol. The molecule has 16 heavy (non-hydrogen) atoms. The molecule has 0 heterocycles. The summed E-state index contributed by atoms with van der Waals surface area (Å²) in [4.78, 5) is 0. The predicted octanol–water partition coefficient (Wildman–Crippen LogP) is 5.27. The van der Waals surface area contributed by atoms with Crippen LogP contribution in [0.5, 0.6) is 0 Å². The molecule has 0 aliphatic rings. The second-order valence-electron chi connectivity index (χ2n) is 4.38. The summed E-state index contributed by atoms with van der Waals surface area (Å²) in [5.74, 6) is 0. The first-order valence-corrected chi connectivity index (χ1v) is 9.17. The normalized spacial score (nSPS) is 12.6. The van der Waals surface area contributed by atoms with Gasteiger partial charge in [0.15, 0.2) is 0 Å². The van der Waals surface area contributed by atoms with Gasteiger partial charge < -0.3 is 4.43 Å². The minimum atomic E-state index is -1.45. The minimum Gasteiger partial charge on any atom is -0.549 e. The highest BCUT2D eigenvalue weighted by atomic mass is 28.4. The lowest BCUT2D eigenvalue weighted by molar-refractivity contribution is 0.449. The van der Waals surface area contributed by atoms with Gasteiger partial charge in [0.1, 0.15) is 0 Å². The van der Waals surface area contributed by atoms with Gasteiger partial charge in [-0.05, 0) is 36.5 Å². The highest BCUT2D eigenvalue weighted by Crippen LogP contribution is 2.23. The Hall–Kier alpha value is -0.503. The van der Waals surface area contributed by atoms with E-state index in [1.807, 2.05) is 12.3 Å². The first-order valence-electron chi connectivity index (χ1n) is 6.64. The van der Waals surface area contributed by atoms with Gasteiger partial charge in [-0.2, -0.15) is 0 Å². The fraction of sp³-hybridized carbons (Fsp3) is 0.714. The second-order valence-corrected chi connectivity index (χ2v) is 9.10. The molecule has 0 rings (SSSR count). The fourth-order valence-electron chi connectivity index (χ4n) is 1.92. The summed E-state index contributed by atoms with van der Waals surface area (Å²) >= 11 is 0. The lowest BCUT2D eigenvalue weighted by atomic mass is 10.1. The van der Waals surface area contributed by atoms with E-state index >= 15 is 0 Å². The summed E-state index contributed by atoms with van der Waals surface area (Å²) in [5, 5.41) is 0. The highest BCUT2D eigenvalue weighted by molar-refractivity contribution is 6.73. The van der Waals surface area contributed by atoms with E-state index in [-0.39, 0.29) is 0 Å². The quantitative estimate of drug-likeness (QED) is 0.303. The van der Waals surface area contributed by atoms with Gasteiger partial charge in [-0.25, -0.2) is 0 Å². The SMILES string of the molecule is C=CC/C(=C/O[Si](CC)(CC)CC)CCC. The van der Waals surface area contributed by atoms with Crippen LogP contribution >= 0.6 is 0 Å². The molecule has 1 nitrogen and oxygen atoms in total. The van der Waals surface area contributed by atoms with Gasteiger partial charge in [-0.3, -0.25) is 0 Å². The Morgan fingerprint density at radius 1 is 1.12 bits per heavy atom. The van der Waals surface area contributed by atoms with E-state index in [1.165, 1.54) is 30.1 Å². The Morgan fingerprint density at radius 3 is 2.06 bits per heavy atom. The van der Waals surface area contributed by atoms with Gasteiger partial charge in [0.2, 0.25) is 8.32 Å². The molecule has 0 aromatic carbocycles. The molecule has 0 aliphatic carbocycles. The maximum Gasteiger partial charge on any atom is 0.249 e. The Labute approximate surface area is 103 Å². The van der Waals surface area contributed by atoms with Crippen molar-refractivity contribution in [3.05, 3.63) is 24.5 Å². The van der Waals surface area contributed by atoms with Crippen molar-refractivity contribution in [2.24, 2.45) is 0 Å². The van der Waals surface area contributed by atoms with Crippen molar-refractivity contribution in [2.45, 2.75) is 65.1 Å². The van der Waals surface area contributed by atoms with Gasteiger partial charge in [0.25, 0.3) is 0 Å². The third kappa shape index (κ3) is 5.02. The summed E-state index contributed by atoms with van der Waals surface area (Å²) in [5.41, 5.74) is 1.39. The smallest absolute Gasteiger partial charge is 0.249 e. The van der Waals surface area contributed by atoms with Crippen molar-refractivity contribution in [1.82, 2.24) is 0 Å².